The Morgan fingerprint density at radius 1 is 1.42 bits per heavy atom. The molecule has 0 aliphatic rings. The van der Waals surface area contributed by atoms with Gasteiger partial charge in [-0.25, -0.2) is 0 Å². The van der Waals surface area contributed by atoms with Crippen LogP contribution in [0.5, 0.6) is 0 Å². The normalized spacial score (nSPS) is 10.3. The van der Waals surface area contributed by atoms with Crippen molar-refractivity contribution in [2.24, 2.45) is 5.16 Å². The van der Waals surface area contributed by atoms with E-state index in [0.29, 0.717) is 6.42 Å². The van der Waals surface area contributed by atoms with Gasteiger partial charge in [0.1, 0.15) is 0 Å². The molecule has 0 fully saturated rings. The molecule has 0 aliphatic heterocycles. The van der Waals surface area contributed by atoms with E-state index in [-0.39, 0.29) is 0 Å². The van der Waals surface area contributed by atoms with Crippen LogP contribution in [0.15, 0.2) is 36.0 Å². The maximum atomic E-state index is 8.23. The molecule has 2 heteroatoms. The van der Waals surface area contributed by atoms with Crippen LogP contribution in [0.4, 0.5) is 0 Å². The minimum Gasteiger partial charge on any atom is -0.411 e. The van der Waals surface area contributed by atoms with Crippen LogP contribution in [0.2, 0.25) is 0 Å². The van der Waals surface area contributed by atoms with Gasteiger partial charge in [0.2, 0.25) is 0 Å². The lowest BCUT2D eigenvalue weighted by molar-refractivity contribution is 0.321. The average molecular weight is 161 g/mol. The second-order valence-corrected chi connectivity index (χ2v) is 2.41. The topological polar surface area (TPSA) is 32.6 Å². The summed E-state index contributed by atoms with van der Waals surface area (Å²) < 4.78 is 0. The van der Waals surface area contributed by atoms with Crippen molar-refractivity contribution in [2.75, 3.05) is 0 Å². The molecule has 0 aromatic heterocycles. The van der Waals surface area contributed by atoms with Crippen molar-refractivity contribution < 1.29 is 5.21 Å². The summed E-state index contributed by atoms with van der Waals surface area (Å²) in [6.45, 7) is 3.69. The Kier molecular flexibility index (Phi) is 3.08. The summed E-state index contributed by atoms with van der Waals surface area (Å²) in [6, 6.07) is 7.87. The Labute approximate surface area is 71.8 Å². The summed E-state index contributed by atoms with van der Waals surface area (Å²) in [5.41, 5.74) is 2.20. The van der Waals surface area contributed by atoms with Crippen molar-refractivity contribution in [1.82, 2.24) is 0 Å². The zero-order valence-corrected chi connectivity index (χ0v) is 6.77. The first-order valence-corrected chi connectivity index (χ1v) is 3.74. The third kappa shape index (κ3) is 1.95. The number of rotatable bonds is 3. The maximum absolute atomic E-state index is 8.23. The van der Waals surface area contributed by atoms with Gasteiger partial charge in [0, 0.05) is 12.6 Å². The standard InChI is InChI=1S/C10H11NO/c1-2-9-5-3-4-6-10(9)7-8-11-12/h2-6,8,12H,1,7H2. The van der Waals surface area contributed by atoms with E-state index in [2.05, 4.69) is 11.7 Å². The molecule has 0 aliphatic carbocycles. The Hall–Kier alpha value is -1.57. The van der Waals surface area contributed by atoms with Crippen LogP contribution < -0.4 is 0 Å². The number of nitrogens with zero attached hydrogens (tertiary/aromatic N) is 1. The molecule has 1 rings (SSSR count). The molecule has 0 spiro atoms. The van der Waals surface area contributed by atoms with Gasteiger partial charge in [-0.3, -0.25) is 0 Å². The van der Waals surface area contributed by atoms with E-state index in [0.717, 1.165) is 11.1 Å². The van der Waals surface area contributed by atoms with Crippen molar-refractivity contribution >= 4 is 12.3 Å². The van der Waals surface area contributed by atoms with Gasteiger partial charge in [0.15, 0.2) is 0 Å². The van der Waals surface area contributed by atoms with E-state index < -0.39 is 0 Å². The number of benzene rings is 1. The molecule has 1 aromatic rings. The van der Waals surface area contributed by atoms with Crippen LogP contribution in [-0.2, 0) is 6.42 Å². The first-order valence-electron chi connectivity index (χ1n) is 3.74. The molecule has 0 unspecified atom stereocenters. The van der Waals surface area contributed by atoms with Gasteiger partial charge in [0.05, 0.1) is 0 Å². The Balaban J connectivity index is 2.89. The van der Waals surface area contributed by atoms with Gasteiger partial charge in [-0.15, -0.1) is 5.16 Å². The van der Waals surface area contributed by atoms with Gasteiger partial charge in [-0.05, 0) is 11.1 Å². The van der Waals surface area contributed by atoms with E-state index in [9.17, 15) is 0 Å². The predicted octanol–water partition coefficient (Wildman–Crippen LogP) is 2.33. The quantitative estimate of drug-likeness (QED) is 0.412. The van der Waals surface area contributed by atoms with Crippen molar-refractivity contribution in [1.29, 1.82) is 0 Å². The van der Waals surface area contributed by atoms with E-state index in [4.69, 9.17) is 5.21 Å². The van der Waals surface area contributed by atoms with Crippen LogP contribution >= 0.6 is 0 Å². The van der Waals surface area contributed by atoms with Crippen LogP contribution in [0.3, 0.4) is 0 Å². The number of hydrogen-bond donors (Lipinski definition) is 1. The van der Waals surface area contributed by atoms with E-state index >= 15 is 0 Å². The zero-order chi connectivity index (χ0) is 8.81. The molecule has 0 bridgehead atoms. The van der Waals surface area contributed by atoms with E-state index in [1.165, 1.54) is 6.21 Å². The molecule has 0 radical (unpaired) electrons. The number of oxime groups is 1. The molecule has 0 saturated carbocycles. The first-order chi connectivity index (χ1) is 5.88. The molecule has 0 amide bonds. The molecule has 0 atom stereocenters. The zero-order valence-electron chi connectivity index (χ0n) is 6.77. The van der Waals surface area contributed by atoms with Crippen molar-refractivity contribution in [3.63, 3.8) is 0 Å². The lowest BCUT2D eigenvalue weighted by Gasteiger charge is -2.00. The molecular formula is C10H11NO. The summed E-state index contributed by atoms with van der Waals surface area (Å²) in [4.78, 5) is 0. The summed E-state index contributed by atoms with van der Waals surface area (Å²) in [5, 5.41) is 11.2. The van der Waals surface area contributed by atoms with Crippen LogP contribution in [0.25, 0.3) is 6.08 Å². The largest absolute Gasteiger partial charge is 0.411 e. The average Bonchev–Trinajstić information content (AvgIpc) is 2.15. The van der Waals surface area contributed by atoms with Gasteiger partial charge in [0.25, 0.3) is 0 Å². The molecule has 1 N–H and O–H groups in total. The second kappa shape index (κ2) is 4.34. The Bertz CT molecular complexity index is 292. The summed E-state index contributed by atoms with van der Waals surface area (Å²) in [6.07, 6.45) is 3.89. The molecule has 2 nitrogen and oxygen atoms in total. The SMILES string of the molecule is C=Cc1ccccc1CC=NO. The highest BCUT2D eigenvalue weighted by atomic mass is 16.4. The fourth-order valence-corrected chi connectivity index (χ4v) is 1.06. The van der Waals surface area contributed by atoms with Gasteiger partial charge < -0.3 is 5.21 Å². The number of hydrogen-bond acceptors (Lipinski definition) is 2. The minimum atomic E-state index is 0.638. The van der Waals surface area contributed by atoms with Crippen molar-refractivity contribution in [3.8, 4) is 0 Å². The summed E-state index contributed by atoms with van der Waals surface area (Å²) >= 11 is 0. The highest BCUT2D eigenvalue weighted by Crippen LogP contribution is 2.09. The smallest absolute Gasteiger partial charge is 0.0479 e. The van der Waals surface area contributed by atoms with E-state index in [1.807, 2.05) is 24.3 Å². The molecule has 1 aromatic carbocycles. The maximum Gasteiger partial charge on any atom is 0.0479 e. The minimum absolute atomic E-state index is 0.638. The lowest BCUT2D eigenvalue weighted by Crippen LogP contribution is -1.89. The van der Waals surface area contributed by atoms with Gasteiger partial charge in [-0.2, -0.15) is 0 Å². The monoisotopic (exact) mass is 161 g/mol. The van der Waals surface area contributed by atoms with Crippen molar-refractivity contribution in [3.05, 3.63) is 42.0 Å². The first kappa shape index (κ1) is 8.53. The molecule has 0 saturated heterocycles. The van der Waals surface area contributed by atoms with Crippen LogP contribution in [-0.4, -0.2) is 11.4 Å². The van der Waals surface area contributed by atoms with Gasteiger partial charge >= 0.3 is 0 Å². The summed E-state index contributed by atoms with van der Waals surface area (Å²) in [7, 11) is 0. The summed E-state index contributed by atoms with van der Waals surface area (Å²) in [5.74, 6) is 0. The third-order valence-electron chi connectivity index (χ3n) is 1.67. The molecule has 0 heterocycles. The second-order valence-electron chi connectivity index (χ2n) is 2.41. The van der Waals surface area contributed by atoms with Crippen molar-refractivity contribution in [2.45, 2.75) is 6.42 Å². The Morgan fingerprint density at radius 3 is 2.83 bits per heavy atom. The van der Waals surface area contributed by atoms with Crippen LogP contribution in [0.1, 0.15) is 11.1 Å². The molecule has 62 valence electrons. The fourth-order valence-electron chi connectivity index (χ4n) is 1.06. The molecular weight excluding hydrogens is 150 g/mol. The lowest BCUT2D eigenvalue weighted by atomic mass is 10.1. The Morgan fingerprint density at radius 2 is 2.17 bits per heavy atom. The van der Waals surface area contributed by atoms with Crippen LogP contribution in [0, 0.1) is 0 Å². The highest BCUT2D eigenvalue weighted by molar-refractivity contribution is 5.64. The molecule has 12 heavy (non-hydrogen) atoms. The van der Waals surface area contributed by atoms with Gasteiger partial charge in [-0.1, -0.05) is 36.9 Å². The fraction of sp³-hybridized carbons (Fsp3) is 0.100. The predicted molar refractivity (Wildman–Crippen MR) is 50.5 cm³/mol. The highest BCUT2D eigenvalue weighted by Gasteiger charge is 1.94. The van der Waals surface area contributed by atoms with E-state index in [1.54, 1.807) is 6.08 Å². The third-order valence-corrected chi connectivity index (χ3v) is 1.67.